The summed E-state index contributed by atoms with van der Waals surface area (Å²) >= 11 is 0. The van der Waals surface area contributed by atoms with Gasteiger partial charge in [0.1, 0.15) is 0 Å². The van der Waals surface area contributed by atoms with E-state index >= 15 is 0 Å². The molecule has 0 saturated heterocycles. The number of pyridine rings is 1. The van der Waals surface area contributed by atoms with Gasteiger partial charge in [-0.3, -0.25) is 15.1 Å². The fourth-order valence-electron chi connectivity index (χ4n) is 2.77. The van der Waals surface area contributed by atoms with E-state index in [9.17, 15) is 14.4 Å². The Morgan fingerprint density at radius 1 is 1.19 bits per heavy atom. The maximum absolute atomic E-state index is 12.6. The Hall–Kier alpha value is -2.96. The minimum absolute atomic E-state index is 0.134. The monoisotopic (exact) mass is 355 g/mol. The van der Waals surface area contributed by atoms with Crippen molar-refractivity contribution >= 4 is 28.8 Å². The molecule has 1 heterocycles. The first-order valence-corrected chi connectivity index (χ1v) is 8.55. The topological polar surface area (TPSA) is 97.4 Å². The summed E-state index contributed by atoms with van der Waals surface area (Å²) in [5, 5.41) is 5.68. The predicted octanol–water partition coefficient (Wildman–Crippen LogP) is 2.39. The van der Waals surface area contributed by atoms with Crippen LogP contribution in [0.3, 0.4) is 0 Å². The van der Waals surface area contributed by atoms with E-state index < -0.39 is 24.0 Å². The lowest BCUT2D eigenvalue weighted by Gasteiger charge is -2.16. The second-order valence-corrected chi connectivity index (χ2v) is 6.50. The summed E-state index contributed by atoms with van der Waals surface area (Å²) in [6.07, 6.45) is 0.733. The molecule has 1 aromatic carbocycles. The number of amides is 3. The van der Waals surface area contributed by atoms with E-state index in [-0.39, 0.29) is 6.04 Å². The lowest BCUT2D eigenvalue weighted by molar-refractivity contribution is -0.127. The number of esters is 1. The molecule has 1 unspecified atom stereocenters. The molecule has 7 heteroatoms. The number of carbonyl (C=O) groups excluding carboxylic acids is 3. The number of carbonyl (C=O) groups is 3. The Labute approximate surface area is 151 Å². The first-order valence-electron chi connectivity index (χ1n) is 8.55. The molecule has 2 aromatic rings. The molecule has 3 amide bonds. The van der Waals surface area contributed by atoms with Gasteiger partial charge < -0.3 is 10.1 Å². The first kappa shape index (κ1) is 17.8. The molecule has 26 heavy (non-hydrogen) atoms. The Bertz CT molecular complexity index is 890. The summed E-state index contributed by atoms with van der Waals surface area (Å²) in [4.78, 5) is 40.7. The van der Waals surface area contributed by atoms with E-state index in [1.165, 1.54) is 6.92 Å². The van der Waals surface area contributed by atoms with Crippen LogP contribution in [0.2, 0.25) is 0 Å². The summed E-state index contributed by atoms with van der Waals surface area (Å²) in [5.74, 6) is -1.30. The van der Waals surface area contributed by atoms with Crippen molar-refractivity contribution in [2.24, 2.45) is 0 Å². The largest absolute Gasteiger partial charge is 0.449 e. The summed E-state index contributed by atoms with van der Waals surface area (Å²) in [5.41, 5.74) is 2.41. The maximum atomic E-state index is 12.6. The molecule has 1 aliphatic rings. The van der Waals surface area contributed by atoms with Crippen LogP contribution in [0, 0.1) is 13.8 Å². The predicted molar refractivity (Wildman–Crippen MR) is 95.8 cm³/mol. The summed E-state index contributed by atoms with van der Waals surface area (Å²) < 4.78 is 5.26. The molecule has 136 valence electrons. The van der Waals surface area contributed by atoms with E-state index in [0.717, 1.165) is 29.3 Å². The minimum Gasteiger partial charge on any atom is -0.449 e. The number of aryl methyl sites for hydroxylation is 2. The quantitative estimate of drug-likeness (QED) is 0.821. The van der Waals surface area contributed by atoms with Crippen LogP contribution in [0.15, 0.2) is 24.3 Å². The van der Waals surface area contributed by atoms with Crippen LogP contribution in [0.1, 0.15) is 41.4 Å². The van der Waals surface area contributed by atoms with E-state index in [1.807, 2.05) is 31.2 Å². The van der Waals surface area contributed by atoms with Gasteiger partial charge in [-0.25, -0.2) is 9.59 Å². The van der Waals surface area contributed by atoms with Crippen LogP contribution in [0.5, 0.6) is 0 Å². The van der Waals surface area contributed by atoms with Crippen molar-refractivity contribution in [3.8, 4) is 0 Å². The highest BCUT2D eigenvalue weighted by Crippen LogP contribution is 2.23. The third kappa shape index (κ3) is 3.82. The van der Waals surface area contributed by atoms with Crippen LogP contribution >= 0.6 is 0 Å². The zero-order valence-corrected chi connectivity index (χ0v) is 15.0. The number of ether oxygens (including phenoxy) is 1. The number of benzene rings is 1. The Morgan fingerprint density at radius 2 is 1.88 bits per heavy atom. The summed E-state index contributed by atoms with van der Waals surface area (Å²) in [7, 11) is 0. The van der Waals surface area contributed by atoms with Crippen LogP contribution in [-0.4, -0.2) is 35.0 Å². The molecule has 0 aliphatic heterocycles. The first-order chi connectivity index (χ1) is 12.4. The number of rotatable bonds is 4. The smallest absolute Gasteiger partial charge is 0.341 e. The van der Waals surface area contributed by atoms with Gasteiger partial charge in [0, 0.05) is 11.4 Å². The average Bonchev–Trinajstić information content (AvgIpc) is 3.38. The van der Waals surface area contributed by atoms with Crippen LogP contribution in [-0.2, 0) is 9.53 Å². The van der Waals surface area contributed by atoms with E-state index in [0.29, 0.717) is 11.3 Å². The van der Waals surface area contributed by atoms with Gasteiger partial charge in [-0.2, -0.15) is 0 Å². The molecule has 1 aliphatic carbocycles. The third-order valence-electron chi connectivity index (χ3n) is 4.34. The van der Waals surface area contributed by atoms with Gasteiger partial charge in [0.25, 0.3) is 5.91 Å². The van der Waals surface area contributed by atoms with Crippen molar-refractivity contribution in [1.82, 2.24) is 15.6 Å². The lowest BCUT2D eigenvalue weighted by atomic mass is 10.0. The fourth-order valence-corrected chi connectivity index (χ4v) is 2.77. The second-order valence-electron chi connectivity index (χ2n) is 6.50. The number of urea groups is 1. The second kappa shape index (κ2) is 7.11. The standard InChI is InChI=1S/C19H21N3O4/c1-10-14-6-4-5-7-15(14)20-11(2)16(10)18(24)26-12(3)17(23)22-19(25)21-13-8-9-13/h4-7,12-13H,8-9H2,1-3H3,(H2,21,22,23,25). The molecule has 0 radical (unpaired) electrons. The zero-order chi connectivity index (χ0) is 18.8. The highest BCUT2D eigenvalue weighted by Gasteiger charge is 2.27. The molecule has 2 N–H and O–H groups in total. The summed E-state index contributed by atoms with van der Waals surface area (Å²) in [6, 6.07) is 7.07. The highest BCUT2D eigenvalue weighted by atomic mass is 16.5. The molecule has 0 bridgehead atoms. The lowest BCUT2D eigenvalue weighted by Crippen LogP contribution is -2.45. The highest BCUT2D eigenvalue weighted by molar-refractivity contribution is 6.01. The van der Waals surface area contributed by atoms with Crippen molar-refractivity contribution < 1.29 is 19.1 Å². The number of hydrogen-bond acceptors (Lipinski definition) is 5. The molecule has 1 atom stereocenters. The number of hydrogen-bond donors (Lipinski definition) is 2. The number of aromatic nitrogens is 1. The SMILES string of the molecule is Cc1nc2ccccc2c(C)c1C(=O)OC(C)C(=O)NC(=O)NC1CC1. The summed E-state index contributed by atoms with van der Waals surface area (Å²) in [6.45, 7) is 4.97. The number of nitrogens with zero attached hydrogens (tertiary/aromatic N) is 1. The van der Waals surface area contributed by atoms with Gasteiger partial charge in [0.15, 0.2) is 6.10 Å². The van der Waals surface area contributed by atoms with E-state index in [1.54, 1.807) is 6.92 Å². The van der Waals surface area contributed by atoms with Crippen LogP contribution < -0.4 is 10.6 Å². The molecular weight excluding hydrogens is 334 g/mol. The van der Waals surface area contributed by atoms with Crippen molar-refractivity contribution in [3.63, 3.8) is 0 Å². The Kier molecular flexibility index (Phi) is 4.88. The van der Waals surface area contributed by atoms with Crippen LogP contribution in [0.4, 0.5) is 4.79 Å². The van der Waals surface area contributed by atoms with E-state index in [4.69, 9.17) is 4.74 Å². The average molecular weight is 355 g/mol. The molecule has 1 aromatic heterocycles. The Balaban J connectivity index is 1.71. The number of para-hydroxylation sites is 1. The fraction of sp³-hybridized carbons (Fsp3) is 0.368. The Morgan fingerprint density at radius 3 is 2.58 bits per heavy atom. The van der Waals surface area contributed by atoms with Gasteiger partial charge in [-0.1, -0.05) is 18.2 Å². The third-order valence-corrected chi connectivity index (χ3v) is 4.34. The molecule has 1 fully saturated rings. The molecular formula is C19H21N3O4. The van der Waals surface area contributed by atoms with Crippen molar-refractivity contribution in [2.75, 3.05) is 0 Å². The van der Waals surface area contributed by atoms with Gasteiger partial charge in [-0.05, 0) is 45.2 Å². The zero-order valence-electron chi connectivity index (χ0n) is 15.0. The van der Waals surface area contributed by atoms with E-state index in [2.05, 4.69) is 15.6 Å². The van der Waals surface area contributed by atoms with Gasteiger partial charge in [0.2, 0.25) is 0 Å². The number of fused-ring (bicyclic) bond motifs is 1. The molecule has 0 spiro atoms. The van der Waals surface area contributed by atoms with Crippen molar-refractivity contribution in [2.45, 2.75) is 45.8 Å². The normalized spacial score (nSPS) is 14.6. The minimum atomic E-state index is -1.10. The van der Waals surface area contributed by atoms with Crippen molar-refractivity contribution in [3.05, 3.63) is 41.1 Å². The maximum Gasteiger partial charge on any atom is 0.341 e. The molecule has 7 nitrogen and oxygen atoms in total. The number of nitrogens with one attached hydrogen (secondary N) is 2. The van der Waals surface area contributed by atoms with Gasteiger partial charge >= 0.3 is 12.0 Å². The molecule has 1 saturated carbocycles. The molecule has 3 rings (SSSR count). The van der Waals surface area contributed by atoms with Crippen LogP contribution in [0.25, 0.3) is 10.9 Å². The number of imide groups is 1. The van der Waals surface area contributed by atoms with Gasteiger partial charge in [0.05, 0.1) is 16.8 Å². The van der Waals surface area contributed by atoms with Gasteiger partial charge in [-0.15, -0.1) is 0 Å². The van der Waals surface area contributed by atoms with Crippen molar-refractivity contribution in [1.29, 1.82) is 0 Å².